The summed E-state index contributed by atoms with van der Waals surface area (Å²) in [6.07, 6.45) is 0. The highest BCUT2D eigenvalue weighted by Gasteiger charge is 2.30. The van der Waals surface area contributed by atoms with Gasteiger partial charge in [-0.2, -0.15) is 0 Å². The molecule has 0 aromatic heterocycles. The maximum absolute atomic E-state index is 9.50. The van der Waals surface area contributed by atoms with Crippen LogP contribution in [0.3, 0.4) is 0 Å². The molecule has 18 heavy (non-hydrogen) atoms. The molecular weight excluding hydrogens is 256 g/mol. The van der Waals surface area contributed by atoms with Gasteiger partial charge in [-0.1, -0.05) is 25.4 Å². The quantitative estimate of drug-likeness (QED) is 0.897. The summed E-state index contributed by atoms with van der Waals surface area (Å²) in [6, 6.07) is 1.66. The molecule has 0 radical (unpaired) electrons. The van der Waals surface area contributed by atoms with E-state index in [1.807, 2.05) is 13.8 Å². The number of rotatable bonds is 5. The monoisotopic (exact) mass is 274 g/mol. The fourth-order valence-electron chi connectivity index (χ4n) is 1.84. The Balaban J connectivity index is 3.61. The minimum absolute atomic E-state index is 0.0570. The average Bonchev–Trinajstić information content (AvgIpc) is 2.36. The van der Waals surface area contributed by atoms with E-state index in [2.05, 4.69) is 0 Å². The second-order valence-electron chi connectivity index (χ2n) is 4.54. The first-order valence-corrected chi connectivity index (χ1v) is 5.90. The smallest absolute Gasteiger partial charge is 0.203 e. The largest absolute Gasteiger partial charge is 0.493 e. The summed E-state index contributed by atoms with van der Waals surface area (Å²) in [5.74, 6) is 1.46. The number of aliphatic hydroxyl groups is 1. The lowest BCUT2D eigenvalue weighted by Gasteiger charge is -2.27. The summed E-state index contributed by atoms with van der Waals surface area (Å²) in [5.41, 5.74) is 0.161. The van der Waals surface area contributed by atoms with Crippen LogP contribution in [0.1, 0.15) is 19.4 Å². The molecule has 102 valence electrons. The van der Waals surface area contributed by atoms with Crippen molar-refractivity contribution in [2.45, 2.75) is 19.3 Å². The van der Waals surface area contributed by atoms with Crippen LogP contribution in [0.2, 0.25) is 5.02 Å². The van der Waals surface area contributed by atoms with E-state index in [-0.39, 0.29) is 6.61 Å². The van der Waals surface area contributed by atoms with Gasteiger partial charge in [0.05, 0.1) is 33.0 Å². The fourth-order valence-corrected chi connectivity index (χ4v) is 2.28. The molecule has 0 bridgehead atoms. The molecule has 0 atom stereocenters. The van der Waals surface area contributed by atoms with Crippen molar-refractivity contribution in [3.8, 4) is 17.2 Å². The molecule has 0 heterocycles. The van der Waals surface area contributed by atoms with Gasteiger partial charge in [-0.25, -0.2) is 0 Å². The number of hydrogen-bond acceptors (Lipinski definition) is 4. The van der Waals surface area contributed by atoms with E-state index in [4.69, 9.17) is 25.8 Å². The molecule has 4 nitrogen and oxygen atoms in total. The zero-order valence-electron chi connectivity index (χ0n) is 11.3. The van der Waals surface area contributed by atoms with Gasteiger partial charge in [0.2, 0.25) is 5.75 Å². The summed E-state index contributed by atoms with van der Waals surface area (Å²) in [5, 5.41) is 9.97. The van der Waals surface area contributed by atoms with Crippen molar-refractivity contribution < 1.29 is 19.3 Å². The summed E-state index contributed by atoms with van der Waals surface area (Å²) in [7, 11) is 4.60. The molecule has 1 aromatic carbocycles. The van der Waals surface area contributed by atoms with Crippen molar-refractivity contribution >= 4 is 11.6 Å². The van der Waals surface area contributed by atoms with Gasteiger partial charge >= 0.3 is 0 Å². The molecule has 0 unspecified atom stereocenters. The molecular formula is C13H19ClO4. The number of benzene rings is 1. The SMILES string of the molecule is COc1cc(Cl)c(C(C)(C)CO)c(OC)c1OC. The van der Waals surface area contributed by atoms with Gasteiger partial charge in [-0.3, -0.25) is 0 Å². The van der Waals surface area contributed by atoms with Crippen LogP contribution in [-0.2, 0) is 5.41 Å². The summed E-state index contributed by atoms with van der Waals surface area (Å²) in [6.45, 7) is 3.70. The van der Waals surface area contributed by atoms with Crippen molar-refractivity contribution in [2.24, 2.45) is 0 Å². The van der Waals surface area contributed by atoms with Crippen molar-refractivity contribution in [3.05, 3.63) is 16.7 Å². The lowest BCUT2D eigenvalue weighted by atomic mass is 9.84. The highest BCUT2D eigenvalue weighted by Crippen LogP contribution is 2.48. The van der Waals surface area contributed by atoms with Gasteiger partial charge < -0.3 is 19.3 Å². The zero-order chi connectivity index (χ0) is 13.9. The molecule has 1 rings (SSSR count). The fraction of sp³-hybridized carbons (Fsp3) is 0.538. The van der Waals surface area contributed by atoms with Crippen LogP contribution in [-0.4, -0.2) is 33.0 Å². The van der Waals surface area contributed by atoms with Crippen LogP contribution in [0.25, 0.3) is 0 Å². The van der Waals surface area contributed by atoms with Gasteiger partial charge in [-0.15, -0.1) is 0 Å². The van der Waals surface area contributed by atoms with Crippen LogP contribution < -0.4 is 14.2 Å². The molecule has 0 aliphatic heterocycles. The van der Waals surface area contributed by atoms with E-state index in [0.717, 1.165) is 0 Å². The Labute approximate surface area is 112 Å². The van der Waals surface area contributed by atoms with Crippen molar-refractivity contribution in [1.29, 1.82) is 0 Å². The van der Waals surface area contributed by atoms with Gasteiger partial charge in [0.25, 0.3) is 0 Å². The normalized spacial score (nSPS) is 11.3. The molecule has 5 heteroatoms. The Kier molecular flexibility index (Phi) is 4.71. The third-order valence-electron chi connectivity index (χ3n) is 2.85. The van der Waals surface area contributed by atoms with Gasteiger partial charge in [-0.05, 0) is 0 Å². The van der Waals surface area contributed by atoms with E-state index >= 15 is 0 Å². The lowest BCUT2D eigenvalue weighted by Crippen LogP contribution is -2.23. The van der Waals surface area contributed by atoms with Crippen molar-refractivity contribution in [2.75, 3.05) is 27.9 Å². The Hall–Kier alpha value is -1.13. The minimum Gasteiger partial charge on any atom is -0.493 e. The summed E-state index contributed by atoms with van der Waals surface area (Å²) >= 11 is 6.26. The predicted molar refractivity (Wildman–Crippen MR) is 71.2 cm³/mol. The molecule has 0 aliphatic carbocycles. The Morgan fingerprint density at radius 3 is 2.06 bits per heavy atom. The third-order valence-corrected chi connectivity index (χ3v) is 3.15. The number of methoxy groups -OCH3 is 3. The van der Waals surface area contributed by atoms with E-state index in [1.165, 1.54) is 21.3 Å². The summed E-state index contributed by atoms with van der Waals surface area (Å²) < 4.78 is 15.9. The van der Waals surface area contributed by atoms with Gasteiger partial charge in [0.1, 0.15) is 0 Å². The number of halogens is 1. The first kappa shape index (κ1) is 14.9. The Morgan fingerprint density at radius 1 is 1.11 bits per heavy atom. The van der Waals surface area contributed by atoms with Crippen LogP contribution in [0.5, 0.6) is 17.2 Å². The lowest BCUT2D eigenvalue weighted by molar-refractivity contribution is 0.213. The molecule has 0 spiro atoms. The second kappa shape index (κ2) is 5.67. The molecule has 0 saturated carbocycles. The molecule has 0 amide bonds. The van der Waals surface area contributed by atoms with Crippen LogP contribution in [0.15, 0.2) is 6.07 Å². The molecule has 1 aromatic rings. The van der Waals surface area contributed by atoms with E-state index < -0.39 is 5.41 Å². The molecule has 0 fully saturated rings. The maximum atomic E-state index is 9.50. The number of aliphatic hydroxyl groups excluding tert-OH is 1. The Bertz CT molecular complexity index is 429. The molecule has 0 saturated heterocycles. The van der Waals surface area contributed by atoms with Gasteiger partial charge in [0.15, 0.2) is 11.5 Å². The third kappa shape index (κ3) is 2.49. The Morgan fingerprint density at radius 2 is 1.67 bits per heavy atom. The van der Waals surface area contributed by atoms with Crippen LogP contribution >= 0.6 is 11.6 Å². The predicted octanol–water partition coefficient (Wildman–Crippen LogP) is 2.64. The van der Waals surface area contributed by atoms with E-state index in [0.29, 0.717) is 27.8 Å². The molecule has 1 N–H and O–H groups in total. The zero-order valence-corrected chi connectivity index (χ0v) is 12.1. The highest BCUT2D eigenvalue weighted by atomic mass is 35.5. The highest BCUT2D eigenvalue weighted by molar-refractivity contribution is 6.32. The molecule has 0 aliphatic rings. The van der Waals surface area contributed by atoms with Crippen molar-refractivity contribution in [1.82, 2.24) is 0 Å². The minimum atomic E-state index is -0.540. The standard InChI is InChI=1S/C13H19ClO4/c1-13(2,7-15)10-8(14)6-9(16-3)11(17-4)12(10)18-5/h6,15H,7H2,1-5H3. The number of ether oxygens (including phenoxy) is 3. The average molecular weight is 275 g/mol. The maximum Gasteiger partial charge on any atom is 0.203 e. The second-order valence-corrected chi connectivity index (χ2v) is 4.95. The summed E-state index contributed by atoms with van der Waals surface area (Å²) in [4.78, 5) is 0. The first-order chi connectivity index (χ1) is 8.42. The van der Waals surface area contributed by atoms with E-state index in [1.54, 1.807) is 6.07 Å². The topological polar surface area (TPSA) is 47.9 Å². The van der Waals surface area contributed by atoms with Crippen molar-refractivity contribution in [3.63, 3.8) is 0 Å². The number of hydrogen-bond donors (Lipinski definition) is 1. The van der Waals surface area contributed by atoms with E-state index in [9.17, 15) is 5.11 Å². The van der Waals surface area contributed by atoms with Crippen LogP contribution in [0, 0.1) is 0 Å². The van der Waals surface area contributed by atoms with Gasteiger partial charge in [0, 0.05) is 17.0 Å². The van der Waals surface area contributed by atoms with Crippen LogP contribution in [0.4, 0.5) is 0 Å². The first-order valence-electron chi connectivity index (χ1n) is 5.52.